The first-order valence-corrected chi connectivity index (χ1v) is 7.33. The fourth-order valence-electron chi connectivity index (χ4n) is 2.06. The number of benzene rings is 1. The van der Waals surface area contributed by atoms with Gasteiger partial charge in [0.15, 0.2) is 5.13 Å². The standard InChI is InChI=1S/C15H14N4OS/c1-8-5-4-6-11-12(8)18-15(21-11)19-14(20)13-9(2)10(3)16-7-17-13/h4-7H,1-3H3,(H,18,19,20). The number of fused-ring (bicyclic) bond motifs is 1. The number of rotatable bonds is 2. The number of para-hydroxylation sites is 1. The first-order valence-electron chi connectivity index (χ1n) is 6.52. The third-order valence-corrected chi connectivity index (χ3v) is 4.33. The molecule has 5 nitrogen and oxygen atoms in total. The number of nitrogens with one attached hydrogen (secondary N) is 1. The van der Waals surface area contributed by atoms with Crippen molar-refractivity contribution in [3.05, 3.63) is 47.0 Å². The van der Waals surface area contributed by atoms with Gasteiger partial charge < -0.3 is 0 Å². The van der Waals surface area contributed by atoms with Gasteiger partial charge in [-0.2, -0.15) is 0 Å². The van der Waals surface area contributed by atoms with Gasteiger partial charge in [-0.05, 0) is 32.4 Å². The molecule has 0 saturated carbocycles. The molecule has 2 aromatic heterocycles. The summed E-state index contributed by atoms with van der Waals surface area (Å²) >= 11 is 1.46. The van der Waals surface area contributed by atoms with Crippen LogP contribution in [-0.2, 0) is 0 Å². The molecule has 0 unspecified atom stereocenters. The van der Waals surface area contributed by atoms with Gasteiger partial charge in [0.25, 0.3) is 5.91 Å². The van der Waals surface area contributed by atoms with Crippen LogP contribution in [-0.4, -0.2) is 20.9 Å². The van der Waals surface area contributed by atoms with Gasteiger partial charge in [-0.1, -0.05) is 23.5 Å². The number of amides is 1. The number of nitrogens with zero attached hydrogens (tertiary/aromatic N) is 3. The Balaban J connectivity index is 1.93. The summed E-state index contributed by atoms with van der Waals surface area (Å²) in [6, 6.07) is 5.99. The number of aromatic nitrogens is 3. The van der Waals surface area contributed by atoms with Crippen molar-refractivity contribution in [3.8, 4) is 0 Å². The minimum atomic E-state index is -0.255. The molecule has 6 heteroatoms. The fraction of sp³-hybridized carbons (Fsp3) is 0.200. The van der Waals surface area contributed by atoms with E-state index in [-0.39, 0.29) is 5.91 Å². The van der Waals surface area contributed by atoms with Crippen LogP contribution in [0.25, 0.3) is 10.2 Å². The summed E-state index contributed by atoms with van der Waals surface area (Å²) in [7, 11) is 0. The molecule has 21 heavy (non-hydrogen) atoms. The van der Waals surface area contributed by atoms with Crippen LogP contribution in [0.2, 0.25) is 0 Å². The molecule has 0 aliphatic rings. The van der Waals surface area contributed by atoms with Crippen LogP contribution < -0.4 is 5.32 Å². The van der Waals surface area contributed by atoms with Crippen LogP contribution in [0.15, 0.2) is 24.5 Å². The third kappa shape index (κ3) is 2.50. The van der Waals surface area contributed by atoms with Crippen molar-refractivity contribution in [1.82, 2.24) is 15.0 Å². The molecule has 0 aliphatic carbocycles. The summed E-state index contributed by atoms with van der Waals surface area (Å²) in [6.07, 6.45) is 1.40. The van der Waals surface area contributed by atoms with E-state index in [2.05, 4.69) is 20.3 Å². The van der Waals surface area contributed by atoms with Crippen molar-refractivity contribution in [2.45, 2.75) is 20.8 Å². The van der Waals surface area contributed by atoms with E-state index >= 15 is 0 Å². The Morgan fingerprint density at radius 2 is 2.00 bits per heavy atom. The van der Waals surface area contributed by atoms with Crippen LogP contribution in [0, 0.1) is 20.8 Å². The van der Waals surface area contributed by atoms with Gasteiger partial charge in [0.05, 0.1) is 10.2 Å². The van der Waals surface area contributed by atoms with Crippen molar-refractivity contribution in [2.24, 2.45) is 0 Å². The van der Waals surface area contributed by atoms with Crippen LogP contribution in [0.4, 0.5) is 5.13 Å². The van der Waals surface area contributed by atoms with Gasteiger partial charge in [-0.3, -0.25) is 10.1 Å². The Morgan fingerprint density at radius 3 is 2.76 bits per heavy atom. The first-order chi connectivity index (χ1) is 10.1. The molecule has 0 aliphatic heterocycles. The van der Waals surface area contributed by atoms with E-state index in [1.807, 2.05) is 39.0 Å². The molecular formula is C15H14N4OS. The second kappa shape index (κ2) is 5.21. The smallest absolute Gasteiger partial charge is 0.276 e. The molecule has 0 atom stereocenters. The largest absolute Gasteiger partial charge is 0.296 e. The highest BCUT2D eigenvalue weighted by molar-refractivity contribution is 7.22. The Hall–Kier alpha value is -2.34. The molecule has 2 heterocycles. The minimum Gasteiger partial charge on any atom is -0.296 e. The topological polar surface area (TPSA) is 67.8 Å². The average Bonchev–Trinajstić information content (AvgIpc) is 2.85. The van der Waals surface area contributed by atoms with Gasteiger partial charge in [0, 0.05) is 11.3 Å². The van der Waals surface area contributed by atoms with Crippen molar-refractivity contribution >= 4 is 32.6 Å². The average molecular weight is 298 g/mol. The molecule has 0 bridgehead atoms. The van der Waals surface area contributed by atoms with Crippen molar-refractivity contribution in [1.29, 1.82) is 0 Å². The van der Waals surface area contributed by atoms with E-state index in [0.29, 0.717) is 10.8 Å². The molecule has 1 amide bonds. The highest BCUT2D eigenvalue weighted by Crippen LogP contribution is 2.28. The zero-order valence-electron chi connectivity index (χ0n) is 12.0. The summed E-state index contributed by atoms with van der Waals surface area (Å²) in [4.78, 5) is 24.9. The van der Waals surface area contributed by atoms with E-state index in [1.54, 1.807) is 0 Å². The maximum atomic E-state index is 12.3. The Bertz CT molecular complexity index is 841. The van der Waals surface area contributed by atoms with E-state index < -0.39 is 0 Å². The van der Waals surface area contributed by atoms with Gasteiger partial charge in [0.1, 0.15) is 12.0 Å². The number of carbonyl (C=O) groups excluding carboxylic acids is 1. The molecule has 0 radical (unpaired) electrons. The number of anilines is 1. The van der Waals surface area contributed by atoms with Crippen LogP contribution >= 0.6 is 11.3 Å². The molecule has 3 aromatic rings. The maximum Gasteiger partial charge on any atom is 0.276 e. The molecule has 1 aromatic carbocycles. The second-order valence-corrected chi connectivity index (χ2v) is 5.86. The lowest BCUT2D eigenvalue weighted by molar-refractivity contribution is 0.102. The predicted octanol–water partition coefficient (Wildman–Crippen LogP) is 3.26. The van der Waals surface area contributed by atoms with Gasteiger partial charge >= 0.3 is 0 Å². The van der Waals surface area contributed by atoms with Gasteiger partial charge in [0.2, 0.25) is 0 Å². The van der Waals surface area contributed by atoms with E-state index in [0.717, 1.165) is 27.0 Å². The highest BCUT2D eigenvalue weighted by Gasteiger charge is 2.15. The fourth-order valence-corrected chi connectivity index (χ4v) is 3.00. The summed E-state index contributed by atoms with van der Waals surface area (Å²) in [5, 5.41) is 3.40. The summed E-state index contributed by atoms with van der Waals surface area (Å²) in [6.45, 7) is 5.70. The maximum absolute atomic E-state index is 12.3. The third-order valence-electron chi connectivity index (χ3n) is 3.39. The van der Waals surface area contributed by atoms with Crippen molar-refractivity contribution in [2.75, 3.05) is 5.32 Å². The molecule has 0 fully saturated rings. The lowest BCUT2D eigenvalue weighted by atomic mass is 10.2. The second-order valence-electron chi connectivity index (χ2n) is 4.83. The first kappa shape index (κ1) is 13.6. The van der Waals surface area contributed by atoms with Crippen molar-refractivity contribution in [3.63, 3.8) is 0 Å². The van der Waals surface area contributed by atoms with E-state index in [1.165, 1.54) is 17.7 Å². The minimum absolute atomic E-state index is 0.255. The van der Waals surface area contributed by atoms with Gasteiger partial charge in [-0.15, -0.1) is 0 Å². The zero-order chi connectivity index (χ0) is 15.0. The Labute approximate surface area is 126 Å². The monoisotopic (exact) mass is 298 g/mol. The van der Waals surface area contributed by atoms with E-state index in [9.17, 15) is 4.79 Å². The quantitative estimate of drug-likeness (QED) is 0.788. The molecule has 1 N–H and O–H groups in total. The summed E-state index contributed by atoms with van der Waals surface area (Å²) < 4.78 is 1.06. The zero-order valence-corrected chi connectivity index (χ0v) is 12.8. The van der Waals surface area contributed by atoms with Gasteiger partial charge in [-0.25, -0.2) is 15.0 Å². The Kier molecular flexibility index (Phi) is 3.39. The predicted molar refractivity (Wildman–Crippen MR) is 83.8 cm³/mol. The summed E-state index contributed by atoms with van der Waals surface area (Å²) in [5.41, 5.74) is 3.99. The number of carbonyl (C=O) groups is 1. The van der Waals surface area contributed by atoms with Crippen LogP contribution in [0.3, 0.4) is 0 Å². The number of thiazole rings is 1. The SMILES string of the molecule is Cc1ncnc(C(=O)Nc2nc3c(C)cccc3s2)c1C. The number of hydrogen-bond acceptors (Lipinski definition) is 5. The molecular weight excluding hydrogens is 284 g/mol. The molecule has 0 saturated heterocycles. The molecule has 3 rings (SSSR count). The highest BCUT2D eigenvalue weighted by atomic mass is 32.1. The van der Waals surface area contributed by atoms with Crippen LogP contribution in [0.1, 0.15) is 27.3 Å². The lowest BCUT2D eigenvalue weighted by Crippen LogP contribution is -2.16. The van der Waals surface area contributed by atoms with E-state index in [4.69, 9.17) is 0 Å². The van der Waals surface area contributed by atoms with Crippen molar-refractivity contribution < 1.29 is 4.79 Å². The molecule has 0 spiro atoms. The number of hydrogen-bond donors (Lipinski definition) is 1. The lowest BCUT2D eigenvalue weighted by Gasteiger charge is -2.05. The Morgan fingerprint density at radius 1 is 1.19 bits per heavy atom. The normalized spacial score (nSPS) is 10.8. The molecule has 106 valence electrons. The summed E-state index contributed by atoms with van der Waals surface area (Å²) in [5.74, 6) is -0.255. The van der Waals surface area contributed by atoms with Crippen LogP contribution in [0.5, 0.6) is 0 Å². The number of aryl methyl sites for hydroxylation is 2.